The van der Waals surface area contributed by atoms with Gasteiger partial charge in [-0.1, -0.05) is 0 Å². The van der Waals surface area contributed by atoms with E-state index >= 15 is 0 Å². The monoisotopic (exact) mass is 287 g/mol. The predicted octanol–water partition coefficient (Wildman–Crippen LogP) is 1.21. The summed E-state index contributed by atoms with van der Waals surface area (Å²) in [7, 11) is 0. The minimum absolute atomic E-state index is 0.308. The Balaban J connectivity index is 1.58. The van der Waals surface area contributed by atoms with Gasteiger partial charge in [-0.25, -0.2) is 9.78 Å². The summed E-state index contributed by atoms with van der Waals surface area (Å²) in [6.45, 7) is 3.66. The number of carbonyl (C=O) groups is 1. The van der Waals surface area contributed by atoms with E-state index in [0.29, 0.717) is 17.6 Å². The Kier molecular flexibility index (Phi) is 2.94. The van der Waals surface area contributed by atoms with Gasteiger partial charge in [-0.05, 0) is 24.6 Å². The van der Waals surface area contributed by atoms with Gasteiger partial charge in [0.2, 0.25) is 0 Å². The molecule has 1 N–H and O–H groups in total. The largest absolute Gasteiger partial charge is 0.478 e. The summed E-state index contributed by atoms with van der Waals surface area (Å²) in [5.74, 6) is -0.901. The normalized spacial score (nSPS) is 23.0. The average molecular weight is 287 g/mol. The van der Waals surface area contributed by atoms with Crippen LogP contribution in [0.25, 0.3) is 11.0 Å². The third-order valence-corrected chi connectivity index (χ3v) is 4.55. The molecule has 0 radical (unpaired) electrons. The molecule has 6 nitrogen and oxygen atoms in total. The van der Waals surface area contributed by atoms with Gasteiger partial charge in [0.05, 0.1) is 42.2 Å². The van der Waals surface area contributed by atoms with E-state index in [4.69, 9.17) is 9.84 Å². The zero-order valence-electron chi connectivity index (χ0n) is 11.6. The zero-order valence-corrected chi connectivity index (χ0v) is 11.6. The third kappa shape index (κ3) is 2.11. The molecular formula is C15H17N3O3. The number of likely N-dealkylation sites (tertiary alicyclic amines) is 1. The lowest BCUT2D eigenvalue weighted by atomic mass is 9.98. The zero-order chi connectivity index (χ0) is 14.4. The first kappa shape index (κ1) is 12.8. The first-order valence-corrected chi connectivity index (χ1v) is 7.24. The highest BCUT2D eigenvalue weighted by Gasteiger charge is 2.37. The molecule has 0 bridgehead atoms. The Labute approximate surface area is 121 Å². The van der Waals surface area contributed by atoms with Crippen LogP contribution in [0.1, 0.15) is 16.8 Å². The Bertz CT molecular complexity index is 693. The van der Waals surface area contributed by atoms with Crippen molar-refractivity contribution in [2.24, 2.45) is 0 Å². The van der Waals surface area contributed by atoms with Crippen molar-refractivity contribution in [1.82, 2.24) is 14.5 Å². The maximum absolute atomic E-state index is 11.1. The van der Waals surface area contributed by atoms with Crippen molar-refractivity contribution < 1.29 is 14.6 Å². The van der Waals surface area contributed by atoms with Crippen LogP contribution in [-0.4, -0.2) is 57.4 Å². The quantitative estimate of drug-likeness (QED) is 0.915. The summed E-state index contributed by atoms with van der Waals surface area (Å²) in [5, 5.41) is 9.11. The highest BCUT2D eigenvalue weighted by molar-refractivity contribution is 5.92. The Morgan fingerprint density at radius 3 is 2.90 bits per heavy atom. The van der Waals surface area contributed by atoms with Crippen LogP contribution >= 0.6 is 0 Å². The SMILES string of the molecule is O=C(O)c1ccc2ncn(CC3CCN3C3COC3)c2c1. The molecule has 1 aromatic heterocycles. The molecule has 1 atom stereocenters. The second-order valence-corrected chi connectivity index (χ2v) is 5.78. The van der Waals surface area contributed by atoms with Crippen molar-refractivity contribution in [2.75, 3.05) is 19.8 Å². The average Bonchev–Trinajstić information content (AvgIpc) is 2.81. The van der Waals surface area contributed by atoms with E-state index < -0.39 is 5.97 Å². The lowest BCUT2D eigenvalue weighted by molar-refractivity contribution is -0.111. The van der Waals surface area contributed by atoms with Gasteiger partial charge < -0.3 is 14.4 Å². The Morgan fingerprint density at radius 1 is 1.43 bits per heavy atom. The van der Waals surface area contributed by atoms with Crippen LogP contribution in [-0.2, 0) is 11.3 Å². The number of carboxylic acids is 1. The molecule has 0 aliphatic carbocycles. The summed E-state index contributed by atoms with van der Waals surface area (Å²) >= 11 is 0. The number of aromatic nitrogens is 2. The molecule has 2 aliphatic heterocycles. The molecule has 1 unspecified atom stereocenters. The van der Waals surface area contributed by atoms with Gasteiger partial charge in [0.15, 0.2) is 0 Å². The number of rotatable bonds is 4. The molecule has 0 amide bonds. The lowest BCUT2D eigenvalue weighted by Gasteiger charge is -2.49. The highest BCUT2D eigenvalue weighted by atomic mass is 16.5. The molecule has 21 heavy (non-hydrogen) atoms. The van der Waals surface area contributed by atoms with Gasteiger partial charge in [0, 0.05) is 19.1 Å². The number of fused-ring (bicyclic) bond motifs is 1. The van der Waals surface area contributed by atoms with Crippen molar-refractivity contribution in [2.45, 2.75) is 25.0 Å². The number of imidazole rings is 1. The fourth-order valence-electron chi connectivity index (χ4n) is 3.11. The van der Waals surface area contributed by atoms with E-state index in [-0.39, 0.29) is 0 Å². The summed E-state index contributed by atoms with van der Waals surface area (Å²) in [4.78, 5) is 17.9. The van der Waals surface area contributed by atoms with Crippen molar-refractivity contribution in [1.29, 1.82) is 0 Å². The van der Waals surface area contributed by atoms with Crippen LogP contribution in [0.3, 0.4) is 0 Å². The maximum atomic E-state index is 11.1. The number of benzene rings is 1. The fourth-order valence-corrected chi connectivity index (χ4v) is 3.11. The van der Waals surface area contributed by atoms with Gasteiger partial charge in [-0.15, -0.1) is 0 Å². The lowest BCUT2D eigenvalue weighted by Crippen LogP contribution is -2.61. The summed E-state index contributed by atoms with van der Waals surface area (Å²) < 4.78 is 7.33. The van der Waals surface area contributed by atoms with E-state index in [2.05, 4.69) is 14.5 Å². The van der Waals surface area contributed by atoms with Gasteiger partial charge >= 0.3 is 5.97 Å². The van der Waals surface area contributed by atoms with Crippen LogP contribution in [0.2, 0.25) is 0 Å². The van der Waals surface area contributed by atoms with Crippen molar-refractivity contribution in [3.8, 4) is 0 Å². The van der Waals surface area contributed by atoms with Crippen molar-refractivity contribution >= 4 is 17.0 Å². The molecule has 2 fully saturated rings. The molecular weight excluding hydrogens is 270 g/mol. The summed E-state index contributed by atoms with van der Waals surface area (Å²) in [6, 6.07) is 6.15. The van der Waals surface area contributed by atoms with Crippen LogP contribution in [0, 0.1) is 0 Å². The molecule has 110 valence electrons. The summed E-state index contributed by atoms with van der Waals surface area (Å²) in [5.41, 5.74) is 2.05. The molecule has 4 rings (SSSR count). The Morgan fingerprint density at radius 2 is 2.29 bits per heavy atom. The number of hydrogen-bond acceptors (Lipinski definition) is 4. The van der Waals surface area contributed by atoms with Gasteiger partial charge in [-0.3, -0.25) is 4.90 Å². The second kappa shape index (κ2) is 4.82. The van der Waals surface area contributed by atoms with E-state index in [1.165, 1.54) is 6.42 Å². The molecule has 0 spiro atoms. The van der Waals surface area contributed by atoms with Crippen LogP contribution in [0.5, 0.6) is 0 Å². The van der Waals surface area contributed by atoms with Crippen LogP contribution in [0.15, 0.2) is 24.5 Å². The molecule has 1 aromatic carbocycles. The number of carboxylic acid groups (broad SMARTS) is 1. The minimum atomic E-state index is -0.901. The van der Waals surface area contributed by atoms with E-state index in [1.807, 2.05) is 6.33 Å². The van der Waals surface area contributed by atoms with Crippen molar-refractivity contribution in [3.63, 3.8) is 0 Å². The maximum Gasteiger partial charge on any atom is 0.335 e. The van der Waals surface area contributed by atoms with Crippen LogP contribution in [0.4, 0.5) is 0 Å². The van der Waals surface area contributed by atoms with Crippen molar-refractivity contribution in [3.05, 3.63) is 30.1 Å². The van der Waals surface area contributed by atoms with Gasteiger partial charge in [-0.2, -0.15) is 0 Å². The molecule has 2 aromatic rings. The standard InChI is InChI=1S/C15H17N3O3/c19-15(20)10-1-2-13-14(5-10)17(9-16-13)6-11-3-4-18(11)12-7-21-8-12/h1-2,5,9,11-12H,3-4,6-8H2,(H,19,20). The fraction of sp³-hybridized carbons (Fsp3) is 0.467. The molecule has 2 saturated heterocycles. The van der Waals surface area contributed by atoms with E-state index in [9.17, 15) is 4.79 Å². The number of ether oxygens (including phenoxy) is 1. The number of hydrogen-bond donors (Lipinski definition) is 1. The number of aromatic carboxylic acids is 1. The topological polar surface area (TPSA) is 67.6 Å². The minimum Gasteiger partial charge on any atom is -0.478 e. The molecule has 3 heterocycles. The van der Waals surface area contributed by atoms with Crippen LogP contribution < -0.4 is 0 Å². The molecule has 2 aliphatic rings. The first-order chi connectivity index (χ1) is 10.2. The second-order valence-electron chi connectivity index (χ2n) is 5.78. The van der Waals surface area contributed by atoms with Gasteiger partial charge in [0.1, 0.15) is 0 Å². The van der Waals surface area contributed by atoms with Gasteiger partial charge in [0.25, 0.3) is 0 Å². The predicted molar refractivity (Wildman–Crippen MR) is 76.4 cm³/mol. The Hall–Kier alpha value is -1.92. The van der Waals surface area contributed by atoms with E-state index in [1.54, 1.807) is 18.2 Å². The highest BCUT2D eigenvalue weighted by Crippen LogP contribution is 2.27. The summed E-state index contributed by atoms with van der Waals surface area (Å²) in [6.07, 6.45) is 2.98. The third-order valence-electron chi connectivity index (χ3n) is 4.55. The smallest absolute Gasteiger partial charge is 0.335 e. The molecule has 0 saturated carbocycles. The molecule has 6 heteroatoms. The van der Waals surface area contributed by atoms with E-state index in [0.717, 1.165) is 37.3 Å². The number of nitrogens with zero attached hydrogens (tertiary/aromatic N) is 3. The first-order valence-electron chi connectivity index (χ1n) is 7.24.